The first-order valence-electron chi connectivity index (χ1n) is 5.67. The van der Waals surface area contributed by atoms with Crippen molar-refractivity contribution in [2.24, 2.45) is 0 Å². The van der Waals surface area contributed by atoms with E-state index in [0.717, 1.165) is 12.2 Å². The Morgan fingerprint density at radius 1 is 1.47 bits per heavy atom. The van der Waals surface area contributed by atoms with Gasteiger partial charge in [-0.25, -0.2) is 0 Å². The number of benzene rings is 1. The fraction of sp³-hybridized carbons (Fsp3) is 0.462. The van der Waals surface area contributed by atoms with Gasteiger partial charge in [0.15, 0.2) is 0 Å². The average molecular weight is 233 g/mol. The first kappa shape index (κ1) is 13.3. The number of hydrogen-bond donors (Lipinski definition) is 1. The predicted octanol–water partition coefficient (Wildman–Crippen LogP) is 2.00. The van der Waals surface area contributed by atoms with Crippen LogP contribution in [0.1, 0.15) is 19.4 Å². The van der Waals surface area contributed by atoms with Crippen molar-refractivity contribution in [1.29, 1.82) is 5.26 Å². The normalized spacial score (nSPS) is 10.3. The molecule has 0 unspecified atom stereocenters. The van der Waals surface area contributed by atoms with Crippen molar-refractivity contribution in [3.63, 3.8) is 0 Å². The number of likely N-dealkylation sites (N-methyl/N-ethyl adjacent to an activating group) is 1. The maximum absolute atomic E-state index is 9.04. The average Bonchev–Trinajstić information content (AvgIpc) is 2.28. The molecular formula is C13H19N3O. The van der Waals surface area contributed by atoms with Crippen LogP contribution in [-0.4, -0.2) is 26.3 Å². The molecule has 0 bridgehead atoms. The summed E-state index contributed by atoms with van der Waals surface area (Å²) in [6, 6.07) is 7.51. The summed E-state index contributed by atoms with van der Waals surface area (Å²) in [4.78, 5) is 2.00. The molecule has 0 aromatic heterocycles. The van der Waals surface area contributed by atoms with E-state index in [9.17, 15) is 0 Å². The van der Waals surface area contributed by atoms with Crippen molar-refractivity contribution in [1.82, 2.24) is 0 Å². The number of nitrogen functional groups attached to an aromatic ring is 1. The van der Waals surface area contributed by atoms with Crippen LogP contribution in [0, 0.1) is 11.3 Å². The van der Waals surface area contributed by atoms with Crippen LogP contribution >= 0.6 is 0 Å². The minimum atomic E-state index is 0.227. The van der Waals surface area contributed by atoms with Crippen molar-refractivity contribution < 1.29 is 4.74 Å². The molecule has 0 radical (unpaired) electrons. The zero-order valence-electron chi connectivity index (χ0n) is 10.6. The van der Waals surface area contributed by atoms with Gasteiger partial charge in [0.2, 0.25) is 0 Å². The number of ether oxygens (including phenoxy) is 1. The van der Waals surface area contributed by atoms with Crippen LogP contribution < -0.4 is 10.6 Å². The number of nitrogens with zero attached hydrogens (tertiary/aromatic N) is 2. The molecule has 1 rings (SSSR count). The lowest BCUT2D eigenvalue weighted by Crippen LogP contribution is -2.24. The zero-order valence-corrected chi connectivity index (χ0v) is 10.6. The van der Waals surface area contributed by atoms with E-state index in [1.54, 1.807) is 12.1 Å². The molecule has 1 aromatic rings. The largest absolute Gasteiger partial charge is 0.399 e. The van der Waals surface area contributed by atoms with Crippen LogP contribution in [0.4, 0.5) is 11.4 Å². The lowest BCUT2D eigenvalue weighted by atomic mass is 10.1. The summed E-state index contributed by atoms with van der Waals surface area (Å²) in [5.74, 6) is 0. The molecule has 0 saturated carbocycles. The standard InChI is InChI=1S/C13H19N3O/c1-10(2)17-7-6-16(3)13-5-4-12(15)8-11(13)9-14/h4-5,8,10H,6-7,15H2,1-3H3. The predicted molar refractivity (Wildman–Crippen MR) is 69.9 cm³/mol. The maximum atomic E-state index is 9.04. The number of anilines is 2. The molecule has 0 aliphatic heterocycles. The number of nitriles is 1. The highest BCUT2D eigenvalue weighted by atomic mass is 16.5. The van der Waals surface area contributed by atoms with Crippen LogP contribution in [0.5, 0.6) is 0 Å². The molecule has 0 spiro atoms. The molecule has 92 valence electrons. The summed E-state index contributed by atoms with van der Waals surface area (Å²) >= 11 is 0. The zero-order chi connectivity index (χ0) is 12.8. The van der Waals surface area contributed by atoms with E-state index in [0.29, 0.717) is 17.9 Å². The van der Waals surface area contributed by atoms with Gasteiger partial charge in [-0.1, -0.05) is 0 Å². The first-order chi connectivity index (χ1) is 8.04. The quantitative estimate of drug-likeness (QED) is 0.790. The molecule has 2 N–H and O–H groups in total. The molecule has 0 saturated heterocycles. The monoisotopic (exact) mass is 233 g/mol. The Labute approximate surface area is 103 Å². The van der Waals surface area contributed by atoms with Gasteiger partial charge in [0.1, 0.15) is 6.07 Å². The third-order valence-electron chi connectivity index (χ3n) is 2.43. The smallest absolute Gasteiger partial charge is 0.101 e. The van der Waals surface area contributed by atoms with Gasteiger partial charge in [-0.15, -0.1) is 0 Å². The summed E-state index contributed by atoms with van der Waals surface area (Å²) in [7, 11) is 1.94. The highest BCUT2D eigenvalue weighted by molar-refractivity contribution is 5.64. The number of hydrogen-bond acceptors (Lipinski definition) is 4. The minimum Gasteiger partial charge on any atom is -0.399 e. The van der Waals surface area contributed by atoms with Crippen LogP contribution in [0.15, 0.2) is 18.2 Å². The molecule has 1 aromatic carbocycles. The summed E-state index contributed by atoms with van der Waals surface area (Å²) in [6.07, 6.45) is 0.227. The van der Waals surface area contributed by atoms with Gasteiger partial charge in [-0.05, 0) is 32.0 Å². The van der Waals surface area contributed by atoms with Crippen molar-refractivity contribution >= 4 is 11.4 Å². The van der Waals surface area contributed by atoms with Crippen molar-refractivity contribution in [2.45, 2.75) is 20.0 Å². The van der Waals surface area contributed by atoms with Crippen molar-refractivity contribution in [3.8, 4) is 6.07 Å². The SMILES string of the molecule is CC(C)OCCN(C)c1ccc(N)cc1C#N. The second-order valence-electron chi connectivity index (χ2n) is 4.23. The van der Waals surface area contributed by atoms with Gasteiger partial charge >= 0.3 is 0 Å². The third kappa shape index (κ3) is 3.97. The van der Waals surface area contributed by atoms with Crippen LogP contribution in [0.2, 0.25) is 0 Å². The van der Waals surface area contributed by atoms with Gasteiger partial charge in [-0.3, -0.25) is 0 Å². The number of nitrogens with two attached hydrogens (primary N) is 1. The van der Waals surface area contributed by atoms with E-state index in [-0.39, 0.29) is 6.10 Å². The van der Waals surface area contributed by atoms with Gasteiger partial charge in [-0.2, -0.15) is 5.26 Å². The Balaban J connectivity index is 2.69. The van der Waals surface area contributed by atoms with Gasteiger partial charge in [0, 0.05) is 19.3 Å². The van der Waals surface area contributed by atoms with E-state index >= 15 is 0 Å². The minimum absolute atomic E-state index is 0.227. The molecular weight excluding hydrogens is 214 g/mol. The van der Waals surface area contributed by atoms with Crippen LogP contribution in [0.25, 0.3) is 0 Å². The van der Waals surface area contributed by atoms with Gasteiger partial charge in [0.25, 0.3) is 0 Å². The molecule has 4 heteroatoms. The summed E-state index contributed by atoms with van der Waals surface area (Å²) in [5.41, 5.74) is 7.74. The second-order valence-corrected chi connectivity index (χ2v) is 4.23. The molecule has 0 aliphatic rings. The summed E-state index contributed by atoms with van der Waals surface area (Å²) < 4.78 is 5.48. The highest BCUT2D eigenvalue weighted by Crippen LogP contribution is 2.21. The Kier molecular flexibility index (Phi) is 4.80. The summed E-state index contributed by atoms with van der Waals surface area (Å²) in [5, 5.41) is 9.04. The van der Waals surface area contributed by atoms with Gasteiger partial charge < -0.3 is 15.4 Å². The van der Waals surface area contributed by atoms with E-state index in [1.807, 2.05) is 31.9 Å². The maximum Gasteiger partial charge on any atom is 0.101 e. The van der Waals surface area contributed by atoms with Crippen LogP contribution in [-0.2, 0) is 4.74 Å². The molecule has 4 nitrogen and oxygen atoms in total. The number of rotatable bonds is 5. The second kappa shape index (κ2) is 6.12. The molecule has 17 heavy (non-hydrogen) atoms. The Morgan fingerprint density at radius 2 is 2.18 bits per heavy atom. The fourth-order valence-electron chi connectivity index (χ4n) is 1.52. The van der Waals surface area contributed by atoms with E-state index in [2.05, 4.69) is 6.07 Å². The van der Waals surface area contributed by atoms with E-state index in [4.69, 9.17) is 15.7 Å². The van der Waals surface area contributed by atoms with Crippen molar-refractivity contribution in [2.75, 3.05) is 30.8 Å². The van der Waals surface area contributed by atoms with Crippen LogP contribution in [0.3, 0.4) is 0 Å². The summed E-state index contributed by atoms with van der Waals surface area (Å²) in [6.45, 7) is 5.40. The van der Waals surface area contributed by atoms with E-state index < -0.39 is 0 Å². The molecule has 0 heterocycles. The third-order valence-corrected chi connectivity index (χ3v) is 2.43. The van der Waals surface area contributed by atoms with Crippen molar-refractivity contribution in [3.05, 3.63) is 23.8 Å². The fourth-order valence-corrected chi connectivity index (χ4v) is 1.52. The lowest BCUT2D eigenvalue weighted by molar-refractivity contribution is 0.0846. The Morgan fingerprint density at radius 3 is 2.76 bits per heavy atom. The molecule has 0 aliphatic carbocycles. The molecule has 0 atom stereocenters. The highest BCUT2D eigenvalue weighted by Gasteiger charge is 2.07. The lowest BCUT2D eigenvalue weighted by Gasteiger charge is -2.21. The Bertz CT molecular complexity index is 410. The van der Waals surface area contributed by atoms with E-state index in [1.165, 1.54) is 0 Å². The molecule has 0 fully saturated rings. The molecule has 0 amide bonds. The van der Waals surface area contributed by atoms with Gasteiger partial charge in [0.05, 0.1) is 24.0 Å². The Hall–Kier alpha value is -1.73. The first-order valence-corrected chi connectivity index (χ1v) is 5.67. The topological polar surface area (TPSA) is 62.3 Å².